The minimum atomic E-state index is 0.177. The number of nitrogens with zero attached hydrogens (tertiary/aromatic N) is 5. The van der Waals surface area contributed by atoms with E-state index in [1.165, 1.54) is 0 Å². The average Bonchev–Trinajstić information content (AvgIpc) is 3.04. The quantitative estimate of drug-likeness (QED) is 0.766. The summed E-state index contributed by atoms with van der Waals surface area (Å²) in [5.74, 6) is 1.27. The molecule has 0 atom stereocenters. The van der Waals surface area contributed by atoms with Gasteiger partial charge in [0.05, 0.1) is 18.1 Å². The van der Waals surface area contributed by atoms with E-state index in [0.29, 0.717) is 22.5 Å². The van der Waals surface area contributed by atoms with E-state index in [0.717, 1.165) is 16.6 Å². The van der Waals surface area contributed by atoms with Gasteiger partial charge in [-0.2, -0.15) is 10.2 Å². The first-order valence-electron chi connectivity index (χ1n) is 7.23. The van der Waals surface area contributed by atoms with Gasteiger partial charge in [-0.1, -0.05) is 29.8 Å². The van der Waals surface area contributed by atoms with E-state index in [1.54, 1.807) is 17.1 Å². The number of H-pyrrole nitrogens is 1. The van der Waals surface area contributed by atoms with Gasteiger partial charge >= 0.3 is 0 Å². The monoisotopic (exact) mass is 327 g/mol. The molecular formula is C15H14ClN7. The van der Waals surface area contributed by atoms with Crippen molar-refractivity contribution in [1.82, 2.24) is 29.9 Å². The van der Waals surface area contributed by atoms with Crippen molar-refractivity contribution in [2.24, 2.45) is 0 Å². The summed E-state index contributed by atoms with van der Waals surface area (Å²) in [5, 5.41) is 15.0. The number of nitrogens with one attached hydrogen (secondary N) is 2. The third-order valence-corrected chi connectivity index (χ3v) is 3.96. The first-order valence-corrected chi connectivity index (χ1v) is 7.61. The van der Waals surface area contributed by atoms with Gasteiger partial charge in [-0.3, -0.25) is 5.10 Å². The molecule has 3 aromatic rings. The highest BCUT2D eigenvalue weighted by Gasteiger charge is 2.16. The van der Waals surface area contributed by atoms with Crippen molar-refractivity contribution in [2.45, 2.75) is 19.9 Å². The normalized spacial score (nSPS) is 13.5. The van der Waals surface area contributed by atoms with Crippen molar-refractivity contribution in [2.75, 3.05) is 5.32 Å². The van der Waals surface area contributed by atoms with E-state index in [2.05, 4.69) is 30.6 Å². The lowest BCUT2D eigenvalue weighted by Gasteiger charge is -2.11. The van der Waals surface area contributed by atoms with Crippen LogP contribution in [-0.2, 0) is 0 Å². The highest BCUT2D eigenvalue weighted by Crippen LogP contribution is 2.30. The van der Waals surface area contributed by atoms with Crippen molar-refractivity contribution in [3.05, 3.63) is 41.6 Å². The van der Waals surface area contributed by atoms with Crippen molar-refractivity contribution in [3.63, 3.8) is 0 Å². The summed E-state index contributed by atoms with van der Waals surface area (Å²) in [4.78, 5) is 9.07. The lowest BCUT2D eigenvalue weighted by Crippen LogP contribution is -2.04. The second kappa shape index (κ2) is 5.20. The number of hydrogen-bond acceptors (Lipinski definition) is 5. The highest BCUT2D eigenvalue weighted by molar-refractivity contribution is 6.32. The topological polar surface area (TPSA) is 84.3 Å². The molecule has 23 heavy (non-hydrogen) atoms. The Balaban J connectivity index is 1.77. The number of allylic oxidation sites excluding steroid dienone is 4. The van der Waals surface area contributed by atoms with Gasteiger partial charge in [0, 0.05) is 11.6 Å². The number of anilines is 2. The molecule has 2 N–H and O–H groups in total. The van der Waals surface area contributed by atoms with Crippen LogP contribution >= 0.6 is 11.6 Å². The molecule has 0 fully saturated rings. The second-order valence-corrected chi connectivity index (χ2v) is 5.88. The molecule has 8 heteroatoms. The third-order valence-electron chi connectivity index (χ3n) is 3.59. The fraction of sp³-hybridized carbons (Fsp3) is 0.200. The van der Waals surface area contributed by atoms with Gasteiger partial charge in [0.25, 0.3) is 0 Å². The van der Waals surface area contributed by atoms with Gasteiger partial charge in [-0.15, -0.1) is 0 Å². The van der Waals surface area contributed by atoms with E-state index in [9.17, 15) is 0 Å². The van der Waals surface area contributed by atoms with Crippen LogP contribution in [0.4, 0.5) is 11.5 Å². The molecule has 0 radical (unpaired) electrons. The predicted octanol–water partition coefficient (Wildman–Crippen LogP) is 3.48. The minimum Gasteiger partial charge on any atom is -0.334 e. The molecule has 3 heterocycles. The number of hydrogen-bond donors (Lipinski definition) is 2. The SMILES string of the molecule is CC(C)n1ncc(Nc2nc(C3=CC=C3)nc3cn[nH]c23)c1Cl. The lowest BCUT2D eigenvalue weighted by atomic mass is 10.1. The van der Waals surface area contributed by atoms with Crippen molar-refractivity contribution < 1.29 is 0 Å². The van der Waals surface area contributed by atoms with Crippen LogP contribution < -0.4 is 5.32 Å². The van der Waals surface area contributed by atoms with E-state index >= 15 is 0 Å². The van der Waals surface area contributed by atoms with E-state index < -0.39 is 0 Å². The molecule has 0 unspecified atom stereocenters. The second-order valence-electron chi connectivity index (χ2n) is 5.52. The fourth-order valence-electron chi connectivity index (χ4n) is 2.32. The van der Waals surface area contributed by atoms with E-state index in [4.69, 9.17) is 11.6 Å². The zero-order valence-corrected chi connectivity index (χ0v) is 13.3. The molecule has 0 spiro atoms. The first kappa shape index (κ1) is 14.0. The van der Waals surface area contributed by atoms with Crippen LogP contribution in [0.25, 0.3) is 16.6 Å². The summed E-state index contributed by atoms with van der Waals surface area (Å²) < 4.78 is 1.74. The third kappa shape index (κ3) is 2.29. The summed E-state index contributed by atoms with van der Waals surface area (Å²) >= 11 is 6.38. The maximum Gasteiger partial charge on any atom is 0.162 e. The van der Waals surface area contributed by atoms with Crippen molar-refractivity contribution >= 4 is 39.7 Å². The maximum absolute atomic E-state index is 6.38. The largest absolute Gasteiger partial charge is 0.334 e. The van der Waals surface area contributed by atoms with Crippen LogP contribution in [-0.4, -0.2) is 29.9 Å². The van der Waals surface area contributed by atoms with Gasteiger partial charge in [0.15, 0.2) is 16.8 Å². The Morgan fingerprint density at radius 3 is 2.74 bits per heavy atom. The number of halogens is 1. The zero-order chi connectivity index (χ0) is 16.0. The Kier molecular flexibility index (Phi) is 3.16. The Labute approximate surface area is 137 Å². The minimum absolute atomic E-state index is 0.177. The van der Waals surface area contributed by atoms with Crippen LogP contribution in [0.2, 0.25) is 5.15 Å². The summed E-state index contributed by atoms with van der Waals surface area (Å²) in [6.07, 6.45) is 9.25. The van der Waals surface area contributed by atoms with Crippen LogP contribution in [0.5, 0.6) is 0 Å². The number of aromatic nitrogens is 6. The molecule has 7 nitrogen and oxygen atoms in total. The Morgan fingerprint density at radius 1 is 1.26 bits per heavy atom. The molecule has 0 amide bonds. The smallest absolute Gasteiger partial charge is 0.162 e. The lowest BCUT2D eigenvalue weighted by molar-refractivity contribution is 0.533. The molecule has 0 saturated heterocycles. The molecule has 1 aliphatic carbocycles. The Morgan fingerprint density at radius 2 is 2.09 bits per heavy atom. The summed E-state index contributed by atoms with van der Waals surface area (Å²) in [6, 6.07) is 0.177. The van der Waals surface area contributed by atoms with Crippen LogP contribution in [0.3, 0.4) is 0 Å². The van der Waals surface area contributed by atoms with Gasteiger partial charge in [-0.25, -0.2) is 14.6 Å². The predicted molar refractivity (Wildman–Crippen MR) is 89.7 cm³/mol. The standard InChI is InChI=1S/C15H14ClN7/c1-8(2)23-13(16)11(7-18-23)20-15-12-10(6-17-22-12)19-14(21-15)9-4-3-5-9/h3-8H,1-2H3,(H,17,22)(H,19,20,21). The van der Waals surface area contributed by atoms with Crippen LogP contribution in [0, 0.1) is 0 Å². The van der Waals surface area contributed by atoms with E-state index in [-0.39, 0.29) is 6.04 Å². The summed E-state index contributed by atoms with van der Waals surface area (Å²) in [5.41, 5.74) is 3.15. The summed E-state index contributed by atoms with van der Waals surface area (Å²) in [6.45, 7) is 4.04. The molecule has 0 aromatic carbocycles. The number of fused-ring (bicyclic) bond motifs is 1. The zero-order valence-electron chi connectivity index (χ0n) is 12.6. The van der Waals surface area contributed by atoms with Gasteiger partial charge in [0.2, 0.25) is 0 Å². The molecule has 1 aliphatic rings. The molecule has 0 saturated carbocycles. The molecule has 3 aromatic heterocycles. The number of aromatic amines is 1. The first-order chi connectivity index (χ1) is 11.1. The van der Waals surface area contributed by atoms with Gasteiger partial charge in [0.1, 0.15) is 11.0 Å². The van der Waals surface area contributed by atoms with E-state index in [1.807, 2.05) is 32.1 Å². The highest BCUT2D eigenvalue weighted by atomic mass is 35.5. The molecule has 4 rings (SSSR count). The number of rotatable bonds is 4. The molecule has 0 bridgehead atoms. The molecular weight excluding hydrogens is 314 g/mol. The maximum atomic E-state index is 6.38. The summed E-state index contributed by atoms with van der Waals surface area (Å²) in [7, 11) is 0. The Bertz CT molecular complexity index is 948. The fourth-order valence-corrected chi connectivity index (χ4v) is 2.65. The van der Waals surface area contributed by atoms with Gasteiger partial charge in [-0.05, 0) is 13.8 Å². The molecule has 116 valence electrons. The van der Waals surface area contributed by atoms with Crippen molar-refractivity contribution in [3.8, 4) is 0 Å². The van der Waals surface area contributed by atoms with Crippen LogP contribution in [0.1, 0.15) is 25.7 Å². The molecule has 0 aliphatic heterocycles. The van der Waals surface area contributed by atoms with Gasteiger partial charge < -0.3 is 5.32 Å². The average molecular weight is 328 g/mol. The van der Waals surface area contributed by atoms with Crippen LogP contribution in [0.15, 0.2) is 30.6 Å². The Hall–Kier alpha value is -2.67. The van der Waals surface area contributed by atoms with Crippen molar-refractivity contribution in [1.29, 1.82) is 0 Å².